The number of benzene rings is 3. The van der Waals surface area contributed by atoms with E-state index in [0.717, 1.165) is 5.56 Å². The number of nitrogens with one attached hydrogen (secondary N) is 2. The van der Waals surface area contributed by atoms with Crippen LogP contribution in [0, 0.1) is 5.82 Å². The Balaban J connectivity index is 1.60. The molecule has 0 unspecified atom stereocenters. The molecule has 1 atom stereocenters. The van der Waals surface area contributed by atoms with Gasteiger partial charge in [-0.3, -0.25) is 4.79 Å². The van der Waals surface area contributed by atoms with Crippen molar-refractivity contribution >= 4 is 18.2 Å². The normalized spacial score (nSPS) is 12.0. The predicted octanol–water partition coefficient (Wildman–Crippen LogP) is 4.97. The fourth-order valence-electron chi connectivity index (χ4n) is 3.42. The zero-order valence-corrected chi connectivity index (χ0v) is 23.0. The van der Waals surface area contributed by atoms with Crippen molar-refractivity contribution in [1.29, 1.82) is 0 Å². The lowest BCUT2D eigenvalue weighted by atomic mass is 10.2. The minimum absolute atomic E-state index is 0.0966. The Bertz CT molecular complexity index is 1290. The van der Waals surface area contributed by atoms with Crippen molar-refractivity contribution in [2.75, 3.05) is 13.7 Å². The second-order valence-electron chi connectivity index (χ2n) is 9.76. The minimum Gasteiger partial charge on any atom is -0.493 e. The van der Waals surface area contributed by atoms with Crippen LogP contribution in [0.2, 0.25) is 0 Å². The molecule has 0 spiro atoms. The summed E-state index contributed by atoms with van der Waals surface area (Å²) in [4.78, 5) is 25.2. The Hall–Kier alpha value is -4.44. The van der Waals surface area contributed by atoms with Crippen LogP contribution in [0.4, 0.5) is 9.18 Å². The van der Waals surface area contributed by atoms with Gasteiger partial charge < -0.3 is 24.3 Å². The lowest BCUT2D eigenvalue weighted by Crippen LogP contribution is -2.49. The Kier molecular flexibility index (Phi) is 11.0. The van der Waals surface area contributed by atoms with E-state index in [1.54, 1.807) is 51.1 Å². The van der Waals surface area contributed by atoms with Crippen LogP contribution >= 0.6 is 0 Å². The van der Waals surface area contributed by atoms with Gasteiger partial charge in [0.2, 0.25) is 0 Å². The number of rotatable bonds is 12. The number of halogens is 1. The molecule has 212 valence electrons. The highest BCUT2D eigenvalue weighted by Crippen LogP contribution is 2.28. The summed E-state index contributed by atoms with van der Waals surface area (Å²) in [6, 6.07) is 19.6. The van der Waals surface area contributed by atoms with Crippen molar-refractivity contribution < 1.29 is 32.9 Å². The number of hydrogen-bond donors (Lipinski definition) is 2. The number of carbonyl (C=O) groups is 2. The van der Waals surface area contributed by atoms with Gasteiger partial charge in [-0.15, -0.1) is 0 Å². The molecule has 9 nitrogen and oxygen atoms in total. The predicted molar refractivity (Wildman–Crippen MR) is 149 cm³/mol. The maximum absolute atomic E-state index is 13.4. The van der Waals surface area contributed by atoms with Crippen molar-refractivity contribution in [2.45, 2.75) is 45.6 Å². The largest absolute Gasteiger partial charge is 0.493 e. The summed E-state index contributed by atoms with van der Waals surface area (Å²) in [6.45, 7) is 5.51. The third-order valence-corrected chi connectivity index (χ3v) is 5.26. The Morgan fingerprint density at radius 2 is 1.70 bits per heavy atom. The Morgan fingerprint density at radius 1 is 0.950 bits per heavy atom. The molecule has 0 bridgehead atoms. The van der Waals surface area contributed by atoms with Gasteiger partial charge in [0.25, 0.3) is 5.91 Å². The summed E-state index contributed by atoms with van der Waals surface area (Å²) < 4.78 is 35.5. The van der Waals surface area contributed by atoms with E-state index >= 15 is 0 Å². The molecule has 0 heterocycles. The fourth-order valence-corrected chi connectivity index (χ4v) is 3.42. The summed E-state index contributed by atoms with van der Waals surface area (Å²) in [5, 5.41) is 6.54. The van der Waals surface area contributed by atoms with Crippen LogP contribution in [0.3, 0.4) is 0 Å². The SMILES string of the molecule is COc1cc(/C=N\NC(=O)[C@H](COCc2ccccc2)NC(=O)OC(C)(C)C)ccc1OCc1cccc(F)c1. The minimum atomic E-state index is -1.05. The van der Waals surface area contributed by atoms with E-state index in [4.69, 9.17) is 18.9 Å². The number of nitrogens with zero attached hydrogens (tertiary/aromatic N) is 1. The van der Waals surface area contributed by atoms with Crippen LogP contribution in [0.25, 0.3) is 0 Å². The molecule has 3 aromatic carbocycles. The van der Waals surface area contributed by atoms with Crippen LogP contribution in [0.1, 0.15) is 37.5 Å². The quantitative estimate of drug-likeness (QED) is 0.243. The maximum atomic E-state index is 13.4. The van der Waals surface area contributed by atoms with Gasteiger partial charge in [-0.2, -0.15) is 5.10 Å². The van der Waals surface area contributed by atoms with E-state index in [1.165, 1.54) is 25.5 Å². The van der Waals surface area contributed by atoms with Crippen molar-refractivity contribution in [1.82, 2.24) is 10.7 Å². The number of methoxy groups -OCH3 is 1. The third-order valence-electron chi connectivity index (χ3n) is 5.26. The van der Waals surface area contributed by atoms with E-state index in [-0.39, 0.29) is 25.6 Å². The molecule has 0 aliphatic rings. The smallest absolute Gasteiger partial charge is 0.408 e. The molecular weight excluding hydrogens is 517 g/mol. The van der Waals surface area contributed by atoms with E-state index in [0.29, 0.717) is 22.6 Å². The van der Waals surface area contributed by atoms with Crippen LogP contribution < -0.4 is 20.2 Å². The lowest BCUT2D eigenvalue weighted by Gasteiger charge is -2.22. The first-order valence-electron chi connectivity index (χ1n) is 12.6. The highest BCUT2D eigenvalue weighted by molar-refractivity contribution is 5.87. The van der Waals surface area contributed by atoms with Crippen molar-refractivity contribution in [2.24, 2.45) is 5.10 Å². The fraction of sp³-hybridized carbons (Fsp3) is 0.300. The number of amides is 2. The van der Waals surface area contributed by atoms with Crippen molar-refractivity contribution in [3.63, 3.8) is 0 Å². The van der Waals surface area contributed by atoms with E-state index in [9.17, 15) is 14.0 Å². The second-order valence-corrected chi connectivity index (χ2v) is 9.76. The topological polar surface area (TPSA) is 107 Å². The van der Waals surface area contributed by atoms with Gasteiger partial charge in [0.1, 0.15) is 24.1 Å². The second kappa shape index (κ2) is 14.6. The van der Waals surface area contributed by atoms with Crippen molar-refractivity contribution in [3.8, 4) is 11.5 Å². The molecule has 0 aromatic heterocycles. The first kappa shape index (κ1) is 30.1. The molecule has 0 fully saturated rings. The zero-order chi connectivity index (χ0) is 29.0. The average Bonchev–Trinajstić information content (AvgIpc) is 2.91. The first-order valence-corrected chi connectivity index (χ1v) is 12.6. The molecule has 0 saturated heterocycles. The van der Waals surface area contributed by atoms with E-state index in [1.807, 2.05) is 30.3 Å². The van der Waals surface area contributed by atoms with Crippen molar-refractivity contribution in [3.05, 3.63) is 95.3 Å². The molecule has 3 rings (SSSR count). The number of hydrogen-bond acceptors (Lipinski definition) is 7. The Labute approximate surface area is 233 Å². The summed E-state index contributed by atoms with van der Waals surface area (Å²) >= 11 is 0. The summed E-state index contributed by atoms with van der Waals surface area (Å²) in [5.74, 6) is -0.0271. The van der Waals surface area contributed by atoms with Gasteiger partial charge in [0.15, 0.2) is 11.5 Å². The molecular formula is C30H34FN3O6. The van der Waals surface area contributed by atoms with Gasteiger partial charge in [-0.25, -0.2) is 14.6 Å². The van der Waals surface area contributed by atoms with Gasteiger partial charge in [0, 0.05) is 0 Å². The number of ether oxygens (including phenoxy) is 4. The van der Waals surface area contributed by atoms with Gasteiger partial charge >= 0.3 is 6.09 Å². The zero-order valence-electron chi connectivity index (χ0n) is 23.0. The molecule has 2 N–H and O–H groups in total. The molecule has 3 aromatic rings. The van der Waals surface area contributed by atoms with Gasteiger partial charge in [0.05, 0.1) is 26.5 Å². The maximum Gasteiger partial charge on any atom is 0.408 e. The molecule has 2 amide bonds. The molecule has 10 heteroatoms. The number of hydrazone groups is 1. The molecule has 0 aliphatic heterocycles. The first-order chi connectivity index (χ1) is 19.1. The van der Waals surface area contributed by atoms with Crippen LogP contribution in [-0.4, -0.2) is 43.6 Å². The van der Waals surface area contributed by atoms with Gasteiger partial charge in [-0.05, 0) is 67.8 Å². The molecule has 0 aliphatic carbocycles. The van der Waals surface area contributed by atoms with E-state index < -0.39 is 23.6 Å². The van der Waals surface area contributed by atoms with Gasteiger partial charge in [-0.1, -0.05) is 42.5 Å². The summed E-state index contributed by atoms with van der Waals surface area (Å²) in [7, 11) is 1.50. The van der Waals surface area contributed by atoms with E-state index in [2.05, 4.69) is 15.8 Å². The standard InChI is InChI=1S/C30H34FN3O6/c1-30(2,3)40-29(36)33-25(20-38-18-21-9-6-5-7-10-21)28(35)34-32-17-22-13-14-26(27(16-22)37-4)39-19-23-11-8-12-24(31)15-23/h5-17,25H,18-20H2,1-4H3,(H,33,36)(H,34,35)/b32-17-/t25-/m0/s1. The number of alkyl carbamates (subject to hydrolysis) is 1. The molecule has 0 saturated carbocycles. The van der Waals surface area contributed by atoms with Crippen LogP contribution in [0.15, 0.2) is 77.9 Å². The average molecular weight is 552 g/mol. The summed E-state index contributed by atoms with van der Waals surface area (Å²) in [6.07, 6.45) is 0.671. The highest BCUT2D eigenvalue weighted by atomic mass is 19.1. The highest BCUT2D eigenvalue weighted by Gasteiger charge is 2.24. The van der Waals surface area contributed by atoms with Crippen LogP contribution in [0.5, 0.6) is 11.5 Å². The molecule has 0 radical (unpaired) electrons. The number of carbonyl (C=O) groups excluding carboxylic acids is 2. The third kappa shape index (κ3) is 10.4. The molecule has 40 heavy (non-hydrogen) atoms. The lowest BCUT2D eigenvalue weighted by molar-refractivity contribution is -0.124. The monoisotopic (exact) mass is 551 g/mol. The Morgan fingerprint density at radius 3 is 2.40 bits per heavy atom. The summed E-state index contributed by atoms with van der Waals surface area (Å²) in [5.41, 5.74) is 3.91. The van der Waals surface area contributed by atoms with Crippen LogP contribution in [-0.2, 0) is 27.5 Å².